The second kappa shape index (κ2) is 7.87. The van der Waals surface area contributed by atoms with Gasteiger partial charge in [-0.15, -0.1) is 0 Å². The number of ether oxygens (including phenoxy) is 1. The van der Waals surface area contributed by atoms with Gasteiger partial charge in [-0.1, -0.05) is 33.6 Å². The summed E-state index contributed by atoms with van der Waals surface area (Å²) in [4.78, 5) is 17.0. The van der Waals surface area contributed by atoms with E-state index in [4.69, 9.17) is 4.74 Å². The van der Waals surface area contributed by atoms with Gasteiger partial charge in [0, 0.05) is 15.6 Å². The SMILES string of the molecule is Cc1cc(C)c2nc(C)cc(NC(=O)CCOc3cccc(Br)c3)c2c1. The van der Waals surface area contributed by atoms with Gasteiger partial charge in [0.15, 0.2) is 0 Å². The third kappa shape index (κ3) is 4.41. The number of nitrogens with one attached hydrogen (secondary N) is 1. The van der Waals surface area contributed by atoms with Crippen LogP contribution in [0.3, 0.4) is 0 Å². The van der Waals surface area contributed by atoms with Crippen LogP contribution in [-0.4, -0.2) is 17.5 Å². The summed E-state index contributed by atoms with van der Waals surface area (Å²) in [6.07, 6.45) is 0.278. The molecule has 26 heavy (non-hydrogen) atoms. The molecule has 5 heteroatoms. The van der Waals surface area contributed by atoms with Crippen molar-refractivity contribution in [3.05, 3.63) is 63.8 Å². The highest BCUT2D eigenvalue weighted by Gasteiger charge is 2.10. The minimum Gasteiger partial charge on any atom is -0.493 e. The lowest BCUT2D eigenvalue weighted by Gasteiger charge is -2.12. The zero-order valence-electron chi connectivity index (χ0n) is 15.1. The van der Waals surface area contributed by atoms with Crippen molar-refractivity contribution in [2.24, 2.45) is 0 Å². The second-order valence-corrected chi connectivity index (χ2v) is 7.31. The van der Waals surface area contributed by atoms with Crippen LogP contribution in [0.15, 0.2) is 46.9 Å². The number of hydrogen-bond donors (Lipinski definition) is 1. The second-order valence-electron chi connectivity index (χ2n) is 6.39. The molecule has 0 aliphatic heterocycles. The zero-order chi connectivity index (χ0) is 18.7. The molecule has 1 N–H and O–H groups in total. The van der Waals surface area contributed by atoms with E-state index in [2.05, 4.69) is 38.4 Å². The first kappa shape index (κ1) is 18.4. The highest BCUT2D eigenvalue weighted by molar-refractivity contribution is 9.10. The predicted octanol–water partition coefficient (Wildman–Crippen LogP) is 5.33. The molecule has 1 heterocycles. The Bertz CT molecular complexity index is 970. The quantitative estimate of drug-likeness (QED) is 0.615. The standard InChI is InChI=1S/C21H21BrN2O2/c1-13-9-14(2)21-18(10-13)19(11-15(3)23-21)24-20(25)7-8-26-17-6-4-5-16(22)12-17/h4-6,9-12H,7-8H2,1-3H3,(H,23,24,25). The van der Waals surface area contributed by atoms with Crippen molar-refractivity contribution < 1.29 is 9.53 Å². The largest absolute Gasteiger partial charge is 0.493 e. The third-order valence-electron chi connectivity index (χ3n) is 4.04. The monoisotopic (exact) mass is 412 g/mol. The van der Waals surface area contributed by atoms with Crippen LogP contribution >= 0.6 is 15.9 Å². The van der Waals surface area contributed by atoms with Crippen LogP contribution in [-0.2, 0) is 4.79 Å². The lowest BCUT2D eigenvalue weighted by molar-refractivity contribution is -0.116. The summed E-state index contributed by atoms with van der Waals surface area (Å²) >= 11 is 3.40. The molecule has 0 unspecified atom stereocenters. The van der Waals surface area contributed by atoms with E-state index in [0.29, 0.717) is 6.61 Å². The number of carbonyl (C=O) groups is 1. The normalized spacial score (nSPS) is 10.8. The maximum absolute atomic E-state index is 12.4. The number of rotatable bonds is 5. The first-order valence-electron chi connectivity index (χ1n) is 8.49. The molecule has 3 rings (SSSR count). The molecule has 1 amide bonds. The molecule has 134 valence electrons. The number of benzene rings is 2. The van der Waals surface area contributed by atoms with Crippen molar-refractivity contribution in [3.8, 4) is 5.75 Å². The average Bonchev–Trinajstić information content (AvgIpc) is 2.56. The van der Waals surface area contributed by atoms with Gasteiger partial charge in [-0.05, 0) is 56.7 Å². The van der Waals surface area contributed by atoms with Crippen LogP contribution in [0, 0.1) is 20.8 Å². The van der Waals surface area contributed by atoms with E-state index in [1.807, 2.05) is 51.1 Å². The van der Waals surface area contributed by atoms with Crippen molar-refractivity contribution in [2.75, 3.05) is 11.9 Å². The number of hydrogen-bond acceptors (Lipinski definition) is 3. The number of carbonyl (C=O) groups excluding carboxylic acids is 1. The Balaban J connectivity index is 1.71. The fourth-order valence-corrected chi connectivity index (χ4v) is 3.32. The number of anilines is 1. The lowest BCUT2D eigenvalue weighted by atomic mass is 10.0. The molecular formula is C21H21BrN2O2. The number of halogens is 1. The first-order chi connectivity index (χ1) is 12.4. The Labute approximate surface area is 161 Å². The summed E-state index contributed by atoms with van der Waals surface area (Å²) in [6, 6.07) is 13.6. The summed E-state index contributed by atoms with van der Waals surface area (Å²) in [5.74, 6) is 0.662. The maximum atomic E-state index is 12.4. The molecule has 0 atom stereocenters. The molecule has 0 saturated heterocycles. The minimum absolute atomic E-state index is 0.0777. The Morgan fingerprint density at radius 1 is 1.15 bits per heavy atom. The van der Waals surface area contributed by atoms with Gasteiger partial charge in [0.25, 0.3) is 0 Å². The fraction of sp³-hybridized carbons (Fsp3) is 0.238. The molecule has 1 aromatic heterocycles. The molecule has 0 saturated carbocycles. The molecule has 4 nitrogen and oxygen atoms in total. The Hall–Kier alpha value is -2.40. The predicted molar refractivity (Wildman–Crippen MR) is 109 cm³/mol. The first-order valence-corrected chi connectivity index (χ1v) is 9.28. The summed E-state index contributed by atoms with van der Waals surface area (Å²) in [7, 11) is 0. The summed E-state index contributed by atoms with van der Waals surface area (Å²) in [5.41, 5.74) is 4.86. The van der Waals surface area contributed by atoms with Gasteiger partial charge in [-0.2, -0.15) is 0 Å². The zero-order valence-corrected chi connectivity index (χ0v) is 16.7. The Morgan fingerprint density at radius 3 is 2.73 bits per heavy atom. The molecule has 0 bridgehead atoms. The molecule has 0 aliphatic rings. The summed E-state index contributed by atoms with van der Waals surface area (Å²) in [5, 5.41) is 3.98. The maximum Gasteiger partial charge on any atom is 0.227 e. The van der Waals surface area contributed by atoms with Crippen LogP contribution in [0.5, 0.6) is 5.75 Å². The van der Waals surface area contributed by atoms with E-state index in [9.17, 15) is 4.79 Å². The van der Waals surface area contributed by atoms with Crippen molar-refractivity contribution in [3.63, 3.8) is 0 Å². The summed E-state index contributed by atoms with van der Waals surface area (Å²) < 4.78 is 6.59. The van der Waals surface area contributed by atoms with Crippen LogP contribution < -0.4 is 10.1 Å². The smallest absolute Gasteiger partial charge is 0.227 e. The number of fused-ring (bicyclic) bond motifs is 1. The number of nitrogens with zero attached hydrogens (tertiary/aromatic N) is 1. The molecule has 0 spiro atoms. The Morgan fingerprint density at radius 2 is 1.96 bits per heavy atom. The molecular weight excluding hydrogens is 392 g/mol. The van der Waals surface area contributed by atoms with E-state index in [1.165, 1.54) is 0 Å². The minimum atomic E-state index is -0.0777. The average molecular weight is 413 g/mol. The van der Waals surface area contributed by atoms with Gasteiger partial charge >= 0.3 is 0 Å². The van der Waals surface area contributed by atoms with Crippen LogP contribution in [0.25, 0.3) is 10.9 Å². The van der Waals surface area contributed by atoms with Crippen molar-refractivity contribution in [2.45, 2.75) is 27.2 Å². The number of aryl methyl sites for hydroxylation is 3. The molecule has 0 aliphatic carbocycles. The van der Waals surface area contributed by atoms with E-state index in [1.54, 1.807) is 0 Å². The van der Waals surface area contributed by atoms with Gasteiger partial charge in [-0.3, -0.25) is 9.78 Å². The fourth-order valence-electron chi connectivity index (χ4n) is 2.94. The Kier molecular flexibility index (Phi) is 5.57. The van der Waals surface area contributed by atoms with Gasteiger partial charge < -0.3 is 10.1 Å². The van der Waals surface area contributed by atoms with Crippen LogP contribution in [0.1, 0.15) is 23.2 Å². The van der Waals surface area contributed by atoms with Crippen molar-refractivity contribution >= 4 is 38.4 Å². The van der Waals surface area contributed by atoms with E-state index in [-0.39, 0.29) is 12.3 Å². The number of aromatic nitrogens is 1. The van der Waals surface area contributed by atoms with E-state index < -0.39 is 0 Å². The van der Waals surface area contributed by atoms with Crippen molar-refractivity contribution in [1.29, 1.82) is 0 Å². The molecule has 3 aromatic rings. The van der Waals surface area contributed by atoms with E-state index in [0.717, 1.165) is 43.6 Å². The highest BCUT2D eigenvalue weighted by atomic mass is 79.9. The van der Waals surface area contributed by atoms with Crippen molar-refractivity contribution in [1.82, 2.24) is 4.98 Å². The van der Waals surface area contributed by atoms with Gasteiger partial charge in [0.2, 0.25) is 5.91 Å². The van der Waals surface area contributed by atoms with Gasteiger partial charge in [0.05, 0.1) is 24.2 Å². The number of pyridine rings is 1. The molecule has 0 fully saturated rings. The highest BCUT2D eigenvalue weighted by Crippen LogP contribution is 2.27. The van der Waals surface area contributed by atoms with Gasteiger partial charge in [0.1, 0.15) is 5.75 Å². The topological polar surface area (TPSA) is 51.2 Å². The summed E-state index contributed by atoms with van der Waals surface area (Å²) in [6.45, 7) is 6.34. The van der Waals surface area contributed by atoms with Crippen LogP contribution in [0.2, 0.25) is 0 Å². The van der Waals surface area contributed by atoms with Gasteiger partial charge in [-0.25, -0.2) is 0 Å². The van der Waals surface area contributed by atoms with E-state index >= 15 is 0 Å². The lowest BCUT2D eigenvalue weighted by Crippen LogP contribution is -2.15. The number of amides is 1. The van der Waals surface area contributed by atoms with Crippen LogP contribution in [0.4, 0.5) is 5.69 Å². The third-order valence-corrected chi connectivity index (χ3v) is 4.54. The molecule has 0 radical (unpaired) electrons. The molecule has 2 aromatic carbocycles.